The average Bonchev–Trinajstić information content (AvgIpc) is 2.46. The van der Waals surface area contributed by atoms with Gasteiger partial charge in [0.1, 0.15) is 5.75 Å². The maximum absolute atomic E-state index is 11.6. The number of carboxylic acids is 1. The van der Waals surface area contributed by atoms with Crippen LogP contribution in [0.1, 0.15) is 33.1 Å². The van der Waals surface area contributed by atoms with Crippen LogP contribution in [0.5, 0.6) is 5.75 Å². The van der Waals surface area contributed by atoms with Crippen molar-refractivity contribution in [2.45, 2.75) is 33.1 Å². The second-order valence-corrected chi connectivity index (χ2v) is 6.64. The van der Waals surface area contributed by atoms with Crippen molar-refractivity contribution in [2.24, 2.45) is 5.41 Å². The Bertz CT molecular complexity index is 499. The van der Waals surface area contributed by atoms with E-state index in [9.17, 15) is 9.59 Å². The molecular formula is C16H22BrNO4. The molecule has 6 heteroatoms. The van der Waals surface area contributed by atoms with Crippen molar-refractivity contribution < 1.29 is 19.4 Å². The number of benzene rings is 1. The monoisotopic (exact) mass is 371 g/mol. The molecule has 0 unspecified atom stereocenters. The zero-order chi connectivity index (χ0) is 16.6. The minimum Gasteiger partial charge on any atom is -0.494 e. The van der Waals surface area contributed by atoms with Crippen molar-refractivity contribution in [3.05, 3.63) is 28.7 Å². The van der Waals surface area contributed by atoms with Crippen LogP contribution in [0.3, 0.4) is 0 Å². The minimum atomic E-state index is -0.944. The summed E-state index contributed by atoms with van der Waals surface area (Å²) in [7, 11) is 0. The molecule has 2 N–H and O–H groups in total. The Kier molecular flexibility index (Phi) is 7.38. The summed E-state index contributed by atoms with van der Waals surface area (Å²) < 4.78 is 6.56. The maximum Gasteiger partial charge on any atom is 0.310 e. The second-order valence-electron chi connectivity index (χ2n) is 5.73. The topological polar surface area (TPSA) is 75.6 Å². The number of nitrogens with one attached hydrogen (secondary N) is 1. The molecule has 1 rings (SSSR count). The average molecular weight is 372 g/mol. The Morgan fingerprint density at radius 2 is 1.86 bits per heavy atom. The van der Waals surface area contributed by atoms with E-state index in [0.29, 0.717) is 19.4 Å². The summed E-state index contributed by atoms with van der Waals surface area (Å²) in [5, 5.41) is 11.6. The number of aliphatic carboxylic acids is 1. The predicted octanol–water partition coefficient (Wildman–Crippen LogP) is 3.23. The van der Waals surface area contributed by atoms with Crippen molar-refractivity contribution in [1.82, 2.24) is 5.32 Å². The summed E-state index contributed by atoms with van der Waals surface area (Å²) >= 11 is 3.36. The largest absolute Gasteiger partial charge is 0.494 e. The van der Waals surface area contributed by atoms with Gasteiger partial charge in [-0.25, -0.2) is 0 Å². The second kappa shape index (κ2) is 8.78. The summed E-state index contributed by atoms with van der Waals surface area (Å²) in [5.41, 5.74) is -0.944. The van der Waals surface area contributed by atoms with Gasteiger partial charge in [-0.15, -0.1) is 0 Å². The minimum absolute atomic E-state index is 0.127. The summed E-state index contributed by atoms with van der Waals surface area (Å²) in [4.78, 5) is 22.6. The molecule has 0 saturated carbocycles. The van der Waals surface area contributed by atoms with Crippen LogP contribution in [-0.2, 0) is 9.59 Å². The third-order valence-corrected chi connectivity index (χ3v) is 3.72. The molecule has 0 radical (unpaired) electrons. The first-order valence-electron chi connectivity index (χ1n) is 7.20. The highest BCUT2D eigenvalue weighted by Gasteiger charge is 2.27. The lowest BCUT2D eigenvalue weighted by molar-refractivity contribution is -0.146. The van der Waals surface area contributed by atoms with Gasteiger partial charge < -0.3 is 15.2 Å². The number of halogens is 1. The Labute approximate surface area is 139 Å². The number of hydrogen-bond donors (Lipinski definition) is 2. The molecule has 0 aliphatic rings. The van der Waals surface area contributed by atoms with Crippen molar-refractivity contribution in [2.75, 3.05) is 13.2 Å². The lowest BCUT2D eigenvalue weighted by Crippen LogP contribution is -2.38. The van der Waals surface area contributed by atoms with E-state index < -0.39 is 11.4 Å². The molecule has 0 heterocycles. The Morgan fingerprint density at radius 3 is 2.45 bits per heavy atom. The van der Waals surface area contributed by atoms with Crippen LogP contribution in [0.2, 0.25) is 0 Å². The fourth-order valence-corrected chi connectivity index (χ4v) is 1.86. The SMILES string of the molecule is CC(C)(CNC(=O)CCCCOc1ccc(Br)cc1)C(=O)O. The van der Waals surface area contributed by atoms with Gasteiger partial charge in [0.25, 0.3) is 0 Å². The lowest BCUT2D eigenvalue weighted by atomic mass is 9.94. The van der Waals surface area contributed by atoms with Gasteiger partial charge in [0, 0.05) is 17.4 Å². The van der Waals surface area contributed by atoms with E-state index in [0.717, 1.165) is 16.6 Å². The van der Waals surface area contributed by atoms with Crippen molar-refractivity contribution >= 4 is 27.8 Å². The maximum atomic E-state index is 11.6. The van der Waals surface area contributed by atoms with E-state index >= 15 is 0 Å². The van der Waals surface area contributed by atoms with E-state index in [1.54, 1.807) is 13.8 Å². The summed E-state index contributed by atoms with van der Waals surface area (Å²) in [6.45, 7) is 3.86. The van der Waals surface area contributed by atoms with E-state index in [4.69, 9.17) is 9.84 Å². The van der Waals surface area contributed by atoms with Gasteiger partial charge in [0.05, 0.1) is 12.0 Å². The summed E-state index contributed by atoms with van der Waals surface area (Å²) in [6.07, 6.45) is 1.85. The van der Waals surface area contributed by atoms with Gasteiger partial charge in [-0.1, -0.05) is 15.9 Å². The Balaban J connectivity index is 2.12. The molecule has 1 amide bonds. The molecule has 0 fully saturated rings. The number of ether oxygens (including phenoxy) is 1. The van der Waals surface area contributed by atoms with Crippen molar-refractivity contribution in [3.8, 4) is 5.75 Å². The molecule has 0 bridgehead atoms. The first-order chi connectivity index (χ1) is 10.3. The van der Waals surface area contributed by atoms with Gasteiger partial charge in [-0.3, -0.25) is 9.59 Å². The third kappa shape index (κ3) is 6.93. The quantitative estimate of drug-likeness (QED) is 0.653. The summed E-state index contributed by atoms with van der Waals surface area (Å²) in [6, 6.07) is 7.58. The molecule has 122 valence electrons. The van der Waals surface area contributed by atoms with Crippen molar-refractivity contribution in [3.63, 3.8) is 0 Å². The molecule has 1 aromatic carbocycles. The van der Waals surface area contributed by atoms with Crippen LogP contribution >= 0.6 is 15.9 Å². The Morgan fingerprint density at radius 1 is 1.23 bits per heavy atom. The van der Waals surface area contributed by atoms with E-state index in [1.807, 2.05) is 24.3 Å². The number of carbonyl (C=O) groups is 2. The first-order valence-corrected chi connectivity index (χ1v) is 7.99. The van der Waals surface area contributed by atoms with Crippen LogP contribution in [0.15, 0.2) is 28.7 Å². The fourth-order valence-electron chi connectivity index (χ4n) is 1.59. The van der Waals surface area contributed by atoms with Crippen LogP contribution < -0.4 is 10.1 Å². The van der Waals surface area contributed by atoms with E-state index in [2.05, 4.69) is 21.2 Å². The van der Waals surface area contributed by atoms with Gasteiger partial charge in [-0.2, -0.15) is 0 Å². The van der Waals surface area contributed by atoms with Crippen LogP contribution in [0, 0.1) is 5.41 Å². The molecule has 0 aromatic heterocycles. The van der Waals surface area contributed by atoms with E-state index in [1.165, 1.54) is 0 Å². The molecule has 0 aliphatic carbocycles. The number of rotatable bonds is 9. The smallest absolute Gasteiger partial charge is 0.310 e. The molecule has 22 heavy (non-hydrogen) atoms. The Hall–Kier alpha value is -1.56. The zero-order valence-electron chi connectivity index (χ0n) is 12.9. The molecule has 0 saturated heterocycles. The molecule has 1 aromatic rings. The van der Waals surface area contributed by atoms with E-state index in [-0.39, 0.29) is 12.5 Å². The normalized spacial score (nSPS) is 11.0. The number of amides is 1. The molecule has 0 spiro atoms. The van der Waals surface area contributed by atoms with Crippen molar-refractivity contribution in [1.29, 1.82) is 0 Å². The molecule has 0 aliphatic heterocycles. The van der Waals surface area contributed by atoms with Gasteiger partial charge in [-0.05, 0) is 51.0 Å². The van der Waals surface area contributed by atoms with Gasteiger partial charge >= 0.3 is 5.97 Å². The molecular weight excluding hydrogens is 350 g/mol. The number of unbranched alkanes of at least 4 members (excludes halogenated alkanes) is 1. The third-order valence-electron chi connectivity index (χ3n) is 3.19. The van der Waals surface area contributed by atoms with Gasteiger partial charge in [0.2, 0.25) is 5.91 Å². The highest BCUT2D eigenvalue weighted by molar-refractivity contribution is 9.10. The predicted molar refractivity (Wildman–Crippen MR) is 87.9 cm³/mol. The summed E-state index contributed by atoms with van der Waals surface area (Å²) in [5.74, 6) is -0.246. The standard InChI is InChI=1S/C16H22BrNO4/c1-16(2,15(20)21)11-18-14(19)5-3-4-10-22-13-8-6-12(17)7-9-13/h6-9H,3-5,10-11H2,1-2H3,(H,18,19)(H,20,21). The fraction of sp³-hybridized carbons (Fsp3) is 0.500. The van der Waals surface area contributed by atoms with Crippen LogP contribution in [0.25, 0.3) is 0 Å². The number of hydrogen-bond acceptors (Lipinski definition) is 3. The molecule has 0 atom stereocenters. The van der Waals surface area contributed by atoms with Crippen LogP contribution in [0.4, 0.5) is 0 Å². The highest BCUT2D eigenvalue weighted by Crippen LogP contribution is 2.16. The number of carbonyl (C=O) groups excluding carboxylic acids is 1. The lowest BCUT2D eigenvalue weighted by Gasteiger charge is -2.19. The van der Waals surface area contributed by atoms with Gasteiger partial charge in [0.15, 0.2) is 0 Å². The highest BCUT2D eigenvalue weighted by atomic mass is 79.9. The first kappa shape index (κ1) is 18.5. The number of carboxylic acid groups (broad SMARTS) is 1. The molecule has 5 nitrogen and oxygen atoms in total. The van der Waals surface area contributed by atoms with Crippen LogP contribution in [-0.4, -0.2) is 30.1 Å². The zero-order valence-corrected chi connectivity index (χ0v) is 14.5.